The van der Waals surface area contributed by atoms with E-state index in [0.29, 0.717) is 5.76 Å². The fourth-order valence-electron chi connectivity index (χ4n) is 2.21. The van der Waals surface area contributed by atoms with Crippen LogP contribution in [0.3, 0.4) is 0 Å². The molecule has 23 heavy (non-hydrogen) atoms. The van der Waals surface area contributed by atoms with Crippen LogP contribution in [-0.2, 0) is 11.2 Å². The maximum absolute atomic E-state index is 7.20. The summed E-state index contributed by atoms with van der Waals surface area (Å²) in [6.07, 6.45) is 9.45. The van der Waals surface area contributed by atoms with Crippen molar-refractivity contribution in [3.63, 3.8) is 0 Å². The molecule has 0 aliphatic carbocycles. The number of unbranched alkanes of at least 4 members (excludes halogenated alkanes) is 1. The molecule has 1 heterocycles. The Hall–Kier alpha value is -2.14. The maximum Gasteiger partial charge on any atom is 0.173 e. The molecular weight excluding hydrogens is 356 g/mol. The summed E-state index contributed by atoms with van der Waals surface area (Å²) in [7, 11) is 1.63. The average Bonchev–Trinajstić information content (AvgIpc) is 2.58. The predicted octanol–water partition coefficient (Wildman–Crippen LogP) is 4.84. The number of benzene rings is 1. The fraction of sp³-hybridized carbons (Fsp3) is 0.222. The quantitative estimate of drug-likeness (QED) is 0.311. The van der Waals surface area contributed by atoms with Gasteiger partial charge in [-0.1, -0.05) is 0 Å². The Morgan fingerprint density at radius 3 is 2.70 bits per heavy atom. The van der Waals surface area contributed by atoms with E-state index in [1.165, 1.54) is 5.56 Å². The van der Waals surface area contributed by atoms with Gasteiger partial charge < -0.3 is 9.47 Å². The van der Waals surface area contributed by atoms with E-state index in [0.717, 1.165) is 41.4 Å². The standard InChI is InChI=1S/C18H19BrN2O2/c1-22-18-7-6-15(12-16(18)19)17(23-13-20)5-3-2-4-14-8-10-21-11-9-14/h5-13,20H,2-4H2,1H3/b17-5+,20-13?. The number of methoxy groups -OCH3 is 1. The third-order valence-electron chi connectivity index (χ3n) is 3.37. The number of hydrogen-bond acceptors (Lipinski definition) is 4. The second-order valence-electron chi connectivity index (χ2n) is 4.90. The van der Waals surface area contributed by atoms with E-state index in [-0.39, 0.29) is 0 Å². The van der Waals surface area contributed by atoms with Crippen molar-refractivity contribution in [1.82, 2.24) is 4.98 Å². The summed E-state index contributed by atoms with van der Waals surface area (Å²) in [4.78, 5) is 4.02. The van der Waals surface area contributed by atoms with Crippen molar-refractivity contribution in [3.8, 4) is 5.75 Å². The van der Waals surface area contributed by atoms with Gasteiger partial charge in [0.1, 0.15) is 11.5 Å². The summed E-state index contributed by atoms with van der Waals surface area (Å²) < 4.78 is 11.4. The van der Waals surface area contributed by atoms with Crippen LogP contribution in [0.1, 0.15) is 24.0 Å². The Bertz CT molecular complexity index is 672. The summed E-state index contributed by atoms with van der Waals surface area (Å²) in [5.74, 6) is 1.44. The zero-order valence-electron chi connectivity index (χ0n) is 13.0. The second-order valence-corrected chi connectivity index (χ2v) is 5.76. The molecule has 1 N–H and O–H groups in total. The van der Waals surface area contributed by atoms with Gasteiger partial charge in [0.2, 0.25) is 0 Å². The number of hydrogen-bond donors (Lipinski definition) is 1. The van der Waals surface area contributed by atoms with E-state index in [9.17, 15) is 0 Å². The van der Waals surface area contributed by atoms with Crippen molar-refractivity contribution in [2.24, 2.45) is 0 Å². The third kappa shape index (κ3) is 5.21. The molecule has 0 radical (unpaired) electrons. The van der Waals surface area contributed by atoms with Crippen molar-refractivity contribution < 1.29 is 9.47 Å². The van der Waals surface area contributed by atoms with E-state index in [2.05, 4.69) is 20.9 Å². The topological polar surface area (TPSA) is 55.2 Å². The van der Waals surface area contributed by atoms with Crippen molar-refractivity contribution >= 4 is 28.1 Å². The van der Waals surface area contributed by atoms with Crippen LogP contribution in [-0.4, -0.2) is 18.5 Å². The first kappa shape index (κ1) is 17.2. The minimum atomic E-state index is 0.679. The Morgan fingerprint density at radius 2 is 2.04 bits per heavy atom. The minimum Gasteiger partial charge on any atom is -0.496 e. The molecule has 0 bridgehead atoms. The van der Waals surface area contributed by atoms with E-state index >= 15 is 0 Å². The summed E-state index contributed by atoms with van der Waals surface area (Å²) in [6.45, 7) is 0. The highest BCUT2D eigenvalue weighted by Gasteiger charge is 2.06. The molecule has 1 aromatic heterocycles. The van der Waals surface area contributed by atoms with Crippen LogP contribution in [0.2, 0.25) is 0 Å². The van der Waals surface area contributed by atoms with Gasteiger partial charge in [0, 0.05) is 18.0 Å². The lowest BCUT2D eigenvalue weighted by molar-refractivity contribution is 0.412. The molecule has 0 aliphatic rings. The number of nitrogens with one attached hydrogen (secondary N) is 1. The first-order chi connectivity index (χ1) is 11.2. The molecule has 4 nitrogen and oxygen atoms in total. The monoisotopic (exact) mass is 374 g/mol. The molecule has 0 unspecified atom stereocenters. The first-order valence-corrected chi connectivity index (χ1v) is 8.12. The maximum atomic E-state index is 7.20. The van der Waals surface area contributed by atoms with Crippen molar-refractivity contribution in [2.75, 3.05) is 7.11 Å². The number of aryl methyl sites for hydroxylation is 1. The molecule has 0 saturated heterocycles. The van der Waals surface area contributed by atoms with Gasteiger partial charge in [-0.2, -0.15) is 0 Å². The van der Waals surface area contributed by atoms with E-state index in [1.807, 2.05) is 48.8 Å². The van der Waals surface area contributed by atoms with Gasteiger partial charge >= 0.3 is 0 Å². The van der Waals surface area contributed by atoms with Gasteiger partial charge in [0.25, 0.3) is 0 Å². The van der Waals surface area contributed by atoms with Gasteiger partial charge in [-0.15, -0.1) is 0 Å². The Morgan fingerprint density at radius 1 is 1.26 bits per heavy atom. The number of ether oxygens (including phenoxy) is 2. The predicted molar refractivity (Wildman–Crippen MR) is 95.7 cm³/mol. The average molecular weight is 375 g/mol. The lowest BCUT2D eigenvalue weighted by atomic mass is 10.1. The van der Waals surface area contributed by atoms with Crippen LogP contribution in [0.25, 0.3) is 5.76 Å². The summed E-state index contributed by atoms with van der Waals surface area (Å²) in [5, 5.41) is 7.20. The SMILES string of the molecule is COc1ccc(/C(=C\CCCc2ccncc2)OC=N)cc1Br. The molecule has 2 rings (SSSR count). The van der Waals surface area contributed by atoms with Crippen molar-refractivity contribution in [2.45, 2.75) is 19.3 Å². The zero-order chi connectivity index (χ0) is 16.5. The third-order valence-corrected chi connectivity index (χ3v) is 3.99. The Kier molecular flexibility index (Phi) is 6.81. The molecule has 1 aromatic carbocycles. The fourth-order valence-corrected chi connectivity index (χ4v) is 2.75. The molecule has 120 valence electrons. The number of halogens is 1. The summed E-state index contributed by atoms with van der Waals surface area (Å²) in [5.41, 5.74) is 2.18. The zero-order valence-corrected chi connectivity index (χ0v) is 14.5. The van der Waals surface area contributed by atoms with E-state index < -0.39 is 0 Å². The van der Waals surface area contributed by atoms with Crippen LogP contribution in [0.4, 0.5) is 0 Å². The molecule has 0 saturated carbocycles. The molecule has 0 atom stereocenters. The van der Waals surface area contributed by atoms with Gasteiger partial charge in [-0.05, 0) is 77.2 Å². The van der Waals surface area contributed by atoms with Gasteiger partial charge in [-0.3, -0.25) is 10.4 Å². The van der Waals surface area contributed by atoms with Crippen molar-refractivity contribution in [1.29, 1.82) is 5.41 Å². The second kappa shape index (κ2) is 9.10. The number of pyridine rings is 1. The Labute approximate surface area is 144 Å². The van der Waals surface area contributed by atoms with E-state index in [4.69, 9.17) is 14.9 Å². The van der Waals surface area contributed by atoms with Crippen LogP contribution in [0.5, 0.6) is 5.75 Å². The number of allylic oxidation sites excluding steroid dienone is 1. The van der Waals surface area contributed by atoms with Crippen LogP contribution in [0.15, 0.2) is 53.3 Å². The summed E-state index contributed by atoms with van der Waals surface area (Å²) >= 11 is 3.47. The molecular formula is C18H19BrN2O2. The lowest BCUT2D eigenvalue weighted by Crippen LogP contribution is -1.93. The van der Waals surface area contributed by atoms with Crippen LogP contribution >= 0.6 is 15.9 Å². The number of rotatable bonds is 8. The largest absolute Gasteiger partial charge is 0.496 e. The van der Waals surface area contributed by atoms with Gasteiger partial charge in [-0.25, -0.2) is 0 Å². The number of aromatic nitrogens is 1. The van der Waals surface area contributed by atoms with E-state index in [1.54, 1.807) is 7.11 Å². The Balaban J connectivity index is 2.02. The normalized spacial score (nSPS) is 11.1. The molecule has 0 fully saturated rings. The molecule has 5 heteroatoms. The highest BCUT2D eigenvalue weighted by atomic mass is 79.9. The molecule has 2 aromatic rings. The highest BCUT2D eigenvalue weighted by Crippen LogP contribution is 2.29. The molecule has 0 amide bonds. The molecule has 0 aliphatic heterocycles. The van der Waals surface area contributed by atoms with Crippen LogP contribution < -0.4 is 4.74 Å². The minimum absolute atomic E-state index is 0.679. The lowest BCUT2D eigenvalue weighted by Gasteiger charge is -2.09. The number of nitrogens with zero attached hydrogens (tertiary/aromatic N) is 1. The molecule has 0 spiro atoms. The van der Waals surface area contributed by atoms with Gasteiger partial charge in [0.15, 0.2) is 6.40 Å². The summed E-state index contributed by atoms with van der Waals surface area (Å²) in [6, 6.07) is 9.77. The highest BCUT2D eigenvalue weighted by molar-refractivity contribution is 9.10. The van der Waals surface area contributed by atoms with Crippen LogP contribution in [0, 0.1) is 5.41 Å². The van der Waals surface area contributed by atoms with Crippen molar-refractivity contribution in [3.05, 3.63) is 64.4 Å². The smallest absolute Gasteiger partial charge is 0.173 e. The first-order valence-electron chi connectivity index (χ1n) is 7.33. The van der Waals surface area contributed by atoms with Gasteiger partial charge in [0.05, 0.1) is 11.6 Å².